The number of rotatable bonds is 4. The number of esters is 1. The Morgan fingerprint density at radius 3 is 2.21 bits per heavy atom. The first kappa shape index (κ1) is 17.6. The molecule has 3 aromatic carbocycles. The molecule has 0 atom stereocenters. The van der Waals surface area contributed by atoms with Crippen molar-refractivity contribution >= 4 is 5.97 Å². The monoisotopic (exact) mass is 371 g/mol. The van der Waals surface area contributed by atoms with E-state index in [0.29, 0.717) is 36.0 Å². The fourth-order valence-electron chi connectivity index (χ4n) is 2.98. The van der Waals surface area contributed by atoms with Crippen LogP contribution in [0, 0.1) is 11.3 Å². The fourth-order valence-corrected chi connectivity index (χ4v) is 2.98. The topological polar surface area (TPSA) is 68.5 Å². The normalized spacial score (nSPS) is 12.1. The third kappa shape index (κ3) is 3.97. The lowest BCUT2D eigenvalue weighted by molar-refractivity contribution is -0.133. The van der Waals surface area contributed by atoms with Gasteiger partial charge in [-0.1, -0.05) is 30.3 Å². The molecule has 0 spiro atoms. The molecule has 0 radical (unpaired) electrons. The van der Waals surface area contributed by atoms with E-state index in [-0.39, 0.29) is 12.4 Å². The van der Waals surface area contributed by atoms with Gasteiger partial charge in [0, 0.05) is 0 Å². The van der Waals surface area contributed by atoms with Crippen LogP contribution in [0.4, 0.5) is 0 Å². The van der Waals surface area contributed by atoms with Gasteiger partial charge in [0.2, 0.25) is 0 Å². The van der Waals surface area contributed by atoms with Crippen LogP contribution in [-0.2, 0) is 11.2 Å². The number of carbonyl (C=O) groups is 1. The van der Waals surface area contributed by atoms with Crippen LogP contribution >= 0.6 is 0 Å². The summed E-state index contributed by atoms with van der Waals surface area (Å²) in [5.41, 5.74) is 3.40. The number of nitrogens with zero attached hydrogens (tertiary/aromatic N) is 1. The molecule has 0 bridgehead atoms. The molecule has 1 aliphatic rings. The molecular formula is C23H17NO4. The number of fused-ring (bicyclic) bond motifs is 1. The van der Waals surface area contributed by atoms with Gasteiger partial charge < -0.3 is 14.2 Å². The van der Waals surface area contributed by atoms with Gasteiger partial charge in [-0.05, 0) is 53.1 Å². The highest BCUT2D eigenvalue weighted by molar-refractivity contribution is 5.76. The van der Waals surface area contributed by atoms with E-state index in [1.165, 1.54) is 0 Å². The second-order valence-corrected chi connectivity index (χ2v) is 6.34. The van der Waals surface area contributed by atoms with Crippen LogP contribution in [0.25, 0.3) is 11.1 Å². The Labute approximate surface area is 162 Å². The van der Waals surface area contributed by atoms with Gasteiger partial charge in [-0.25, -0.2) is 0 Å². The molecule has 0 aliphatic carbocycles. The minimum absolute atomic E-state index is 0.147. The second kappa shape index (κ2) is 7.85. The van der Waals surface area contributed by atoms with E-state index in [0.717, 1.165) is 16.7 Å². The molecule has 0 unspecified atom stereocenters. The molecule has 0 aromatic heterocycles. The van der Waals surface area contributed by atoms with Crippen molar-refractivity contribution in [3.63, 3.8) is 0 Å². The van der Waals surface area contributed by atoms with Crippen molar-refractivity contribution in [3.8, 4) is 34.4 Å². The molecule has 1 aliphatic heterocycles. The lowest BCUT2D eigenvalue weighted by atomic mass is 10.0. The molecule has 0 N–H and O–H groups in total. The number of hydrogen-bond acceptors (Lipinski definition) is 5. The third-order valence-electron chi connectivity index (χ3n) is 4.39. The van der Waals surface area contributed by atoms with Gasteiger partial charge in [-0.15, -0.1) is 0 Å². The minimum atomic E-state index is -0.345. The summed E-state index contributed by atoms with van der Waals surface area (Å²) in [7, 11) is 0. The lowest BCUT2D eigenvalue weighted by Gasteiger charge is -2.18. The summed E-state index contributed by atoms with van der Waals surface area (Å²) < 4.78 is 16.5. The highest BCUT2D eigenvalue weighted by Crippen LogP contribution is 2.31. The van der Waals surface area contributed by atoms with Crippen molar-refractivity contribution in [1.29, 1.82) is 5.26 Å². The van der Waals surface area contributed by atoms with Crippen LogP contribution in [-0.4, -0.2) is 19.2 Å². The number of ether oxygens (including phenoxy) is 3. The van der Waals surface area contributed by atoms with Crippen molar-refractivity contribution in [3.05, 3.63) is 77.9 Å². The van der Waals surface area contributed by atoms with E-state index in [9.17, 15) is 4.79 Å². The highest BCUT2D eigenvalue weighted by atomic mass is 16.6. The van der Waals surface area contributed by atoms with E-state index in [2.05, 4.69) is 6.07 Å². The first-order valence-electron chi connectivity index (χ1n) is 8.91. The summed E-state index contributed by atoms with van der Waals surface area (Å²) in [5.74, 6) is 1.49. The highest BCUT2D eigenvalue weighted by Gasteiger charge is 2.14. The largest absolute Gasteiger partial charge is 0.486 e. The Kier molecular flexibility index (Phi) is 4.94. The fraction of sp³-hybridized carbons (Fsp3) is 0.130. The predicted molar refractivity (Wildman–Crippen MR) is 103 cm³/mol. The van der Waals surface area contributed by atoms with Crippen LogP contribution in [0.15, 0.2) is 66.7 Å². The van der Waals surface area contributed by atoms with Gasteiger partial charge in [-0.3, -0.25) is 4.79 Å². The Hall–Kier alpha value is -3.78. The van der Waals surface area contributed by atoms with Gasteiger partial charge in [0.15, 0.2) is 11.5 Å². The van der Waals surface area contributed by atoms with Crippen molar-refractivity contribution in [2.75, 3.05) is 13.2 Å². The number of hydrogen-bond donors (Lipinski definition) is 0. The Balaban J connectivity index is 1.40. The maximum atomic E-state index is 12.3. The van der Waals surface area contributed by atoms with Crippen LogP contribution in [0.5, 0.6) is 17.2 Å². The first-order valence-corrected chi connectivity index (χ1v) is 8.91. The molecule has 3 aromatic rings. The van der Waals surface area contributed by atoms with Crippen LogP contribution in [0.1, 0.15) is 11.1 Å². The molecule has 0 fully saturated rings. The third-order valence-corrected chi connectivity index (χ3v) is 4.39. The zero-order chi connectivity index (χ0) is 19.3. The summed E-state index contributed by atoms with van der Waals surface area (Å²) in [5, 5.41) is 8.87. The van der Waals surface area contributed by atoms with Crippen LogP contribution in [0.2, 0.25) is 0 Å². The number of nitriles is 1. The van der Waals surface area contributed by atoms with Crippen LogP contribution < -0.4 is 14.2 Å². The smallest absolute Gasteiger partial charge is 0.315 e. The quantitative estimate of drug-likeness (QED) is 0.509. The van der Waals surface area contributed by atoms with E-state index < -0.39 is 0 Å². The minimum Gasteiger partial charge on any atom is -0.486 e. The first-order chi connectivity index (χ1) is 13.7. The summed E-state index contributed by atoms with van der Waals surface area (Å²) >= 11 is 0. The summed E-state index contributed by atoms with van der Waals surface area (Å²) in [6, 6.07) is 22.2. The maximum absolute atomic E-state index is 12.3. The molecule has 5 heteroatoms. The van der Waals surface area contributed by atoms with Gasteiger partial charge in [0.05, 0.1) is 18.1 Å². The zero-order valence-electron chi connectivity index (χ0n) is 15.1. The summed E-state index contributed by atoms with van der Waals surface area (Å²) in [6.45, 7) is 1.04. The van der Waals surface area contributed by atoms with Crippen molar-refractivity contribution in [2.24, 2.45) is 0 Å². The molecule has 4 rings (SSSR count). The van der Waals surface area contributed by atoms with Crippen molar-refractivity contribution in [1.82, 2.24) is 0 Å². The van der Waals surface area contributed by atoms with Crippen molar-refractivity contribution < 1.29 is 19.0 Å². The molecule has 5 nitrogen and oxygen atoms in total. The Morgan fingerprint density at radius 1 is 0.893 bits per heavy atom. The molecular weight excluding hydrogens is 354 g/mol. The predicted octanol–water partition coefficient (Wildman–Crippen LogP) is 4.14. The average Bonchev–Trinajstić information content (AvgIpc) is 2.74. The number of carbonyl (C=O) groups excluding carboxylic acids is 1. The molecule has 138 valence electrons. The standard InChI is InChI=1S/C23H17NO4/c24-15-16-1-4-18(5-2-16)19-6-8-20(9-7-19)28-23(25)14-17-3-10-21-22(13-17)27-12-11-26-21/h1-10,13H,11-12,14H2. The van der Waals surface area contributed by atoms with E-state index in [1.54, 1.807) is 24.3 Å². The SMILES string of the molecule is N#Cc1ccc(-c2ccc(OC(=O)Cc3ccc4c(c3)OCCO4)cc2)cc1. The lowest BCUT2D eigenvalue weighted by Crippen LogP contribution is -2.16. The average molecular weight is 371 g/mol. The van der Waals surface area contributed by atoms with E-state index >= 15 is 0 Å². The summed E-state index contributed by atoms with van der Waals surface area (Å²) in [4.78, 5) is 12.3. The Bertz CT molecular complexity index is 1030. The van der Waals surface area contributed by atoms with Crippen LogP contribution in [0.3, 0.4) is 0 Å². The van der Waals surface area contributed by atoms with Crippen molar-refractivity contribution in [2.45, 2.75) is 6.42 Å². The molecule has 0 saturated carbocycles. The zero-order valence-corrected chi connectivity index (χ0v) is 15.1. The van der Waals surface area contributed by atoms with Gasteiger partial charge in [0.1, 0.15) is 19.0 Å². The molecule has 28 heavy (non-hydrogen) atoms. The molecule has 0 amide bonds. The van der Waals surface area contributed by atoms with Gasteiger partial charge >= 0.3 is 5.97 Å². The second-order valence-electron chi connectivity index (χ2n) is 6.34. The van der Waals surface area contributed by atoms with Gasteiger partial charge in [0.25, 0.3) is 0 Å². The maximum Gasteiger partial charge on any atom is 0.315 e. The molecule has 1 heterocycles. The van der Waals surface area contributed by atoms with E-state index in [1.807, 2.05) is 42.5 Å². The Morgan fingerprint density at radius 2 is 1.54 bits per heavy atom. The van der Waals surface area contributed by atoms with Gasteiger partial charge in [-0.2, -0.15) is 5.26 Å². The summed E-state index contributed by atoms with van der Waals surface area (Å²) in [6.07, 6.45) is 0.147. The van der Waals surface area contributed by atoms with E-state index in [4.69, 9.17) is 19.5 Å². The molecule has 0 saturated heterocycles. The number of benzene rings is 3.